The van der Waals surface area contributed by atoms with E-state index in [1.54, 1.807) is 10.7 Å². The van der Waals surface area contributed by atoms with E-state index in [2.05, 4.69) is 15.4 Å². The number of halogens is 1. The molecule has 25 heavy (non-hydrogen) atoms. The first-order valence-electron chi connectivity index (χ1n) is 8.23. The maximum Gasteiger partial charge on any atom is 0.268 e. The van der Waals surface area contributed by atoms with Crippen molar-refractivity contribution in [1.82, 2.24) is 20.1 Å². The number of aromatic nitrogens is 3. The fraction of sp³-hybridized carbons (Fsp3) is 0.333. The molecule has 1 aliphatic heterocycles. The van der Waals surface area contributed by atoms with Crippen LogP contribution in [0.2, 0.25) is 5.02 Å². The van der Waals surface area contributed by atoms with Gasteiger partial charge in [-0.1, -0.05) is 11.6 Å². The molecule has 1 aliphatic rings. The molecule has 0 radical (unpaired) electrons. The van der Waals surface area contributed by atoms with Crippen LogP contribution in [-0.4, -0.2) is 33.9 Å². The van der Waals surface area contributed by atoms with Crippen molar-refractivity contribution in [3.8, 4) is 0 Å². The van der Waals surface area contributed by atoms with E-state index >= 15 is 0 Å². The molecule has 4 rings (SSSR count). The number of amides is 1. The van der Waals surface area contributed by atoms with Gasteiger partial charge in [-0.15, -0.1) is 0 Å². The molecule has 1 amide bonds. The lowest BCUT2D eigenvalue weighted by Gasteiger charge is -2.37. The summed E-state index contributed by atoms with van der Waals surface area (Å²) < 4.78 is 7.25. The monoisotopic (exact) mass is 358 g/mol. The van der Waals surface area contributed by atoms with Crippen molar-refractivity contribution in [3.63, 3.8) is 0 Å². The third-order valence-electron chi connectivity index (χ3n) is 4.78. The van der Waals surface area contributed by atoms with E-state index in [9.17, 15) is 4.79 Å². The number of aromatic amines is 1. The highest BCUT2D eigenvalue weighted by molar-refractivity contribution is 6.31. The Kier molecular flexibility index (Phi) is 4.01. The first kappa shape index (κ1) is 16.2. The van der Waals surface area contributed by atoms with Crippen LogP contribution in [0.5, 0.6) is 0 Å². The van der Waals surface area contributed by atoms with Gasteiger partial charge in [-0.3, -0.25) is 9.48 Å². The number of ether oxygens (including phenoxy) is 1. The largest absolute Gasteiger partial charge is 0.381 e. The molecule has 1 fully saturated rings. The molecule has 3 heterocycles. The summed E-state index contributed by atoms with van der Waals surface area (Å²) in [5, 5.41) is 9.05. The normalized spacial score (nSPS) is 16.9. The zero-order valence-corrected chi connectivity index (χ0v) is 14.6. The lowest BCUT2D eigenvalue weighted by Crippen LogP contribution is -2.49. The number of hydrogen-bond acceptors (Lipinski definition) is 3. The summed E-state index contributed by atoms with van der Waals surface area (Å²) in [6, 6.07) is 7.35. The van der Waals surface area contributed by atoms with Gasteiger partial charge in [-0.2, -0.15) is 5.10 Å². The zero-order valence-electron chi connectivity index (χ0n) is 13.9. The highest BCUT2D eigenvalue weighted by Gasteiger charge is 2.37. The van der Waals surface area contributed by atoms with Crippen LogP contribution in [-0.2, 0) is 17.3 Å². The highest BCUT2D eigenvalue weighted by Crippen LogP contribution is 2.32. The molecule has 2 N–H and O–H groups in total. The van der Waals surface area contributed by atoms with Gasteiger partial charge < -0.3 is 15.0 Å². The van der Waals surface area contributed by atoms with Crippen LogP contribution in [0.1, 0.15) is 28.9 Å². The van der Waals surface area contributed by atoms with Crippen molar-refractivity contribution in [1.29, 1.82) is 0 Å². The van der Waals surface area contributed by atoms with Crippen molar-refractivity contribution in [2.45, 2.75) is 18.4 Å². The number of aryl methyl sites for hydroxylation is 1. The third-order valence-corrected chi connectivity index (χ3v) is 5.02. The van der Waals surface area contributed by atoms with Gasteiger partial charge in [0.05, 0.1) is 11.7 Å². The van der Waals surface area contributed by atoms with Gasteiger partial charge in [0.15, 0.2) is 0 Å². The van der Waals surface area contributed by atoms with E-state index < -0.39 is 5.54 Å². The SMILES string of the molecule is Cn1cc(C2(NC(=O)c3cc4cc(Cl)ccc4[nH]3)CCOCC2)cn1. The maximum absolute atomic E-state index is 12.9. The topological polar surface area (TPSA) is 71.9 Å². The molecule has 3 aromatic rings. The van der Waals surface area contributed by atoms with Crippen LogP contribution in [0.3, 0.4) is 0 Å². The second-order valence-corrected chi connectivity index (χ2v) is 6.90. The minimum absolute atomic E-state index is 0.141. The fourth-order valence-corrected chi connectivity index (χ4v) is 3.57. The van der Waals surface area contributed by atoms with E-state index in [1.807, 2.05) is 37.6 Å². The van der Waals surface area contributed by atoms with Crippen LogP contribution in [0.15, 0.2) is 36.7 Å². The predicted molar refractivity (Wildman–Crippen MR) is 95.7 cm³/mol. The van der Waals surface area contributed by atoms with Gasteiger partial charge in [-0.05, 0) is 37.1 Å². The standard InChI is InChI=1S/C18H19ClN4O2/c1-23-11-13(10-20-23)18(4-6-25-7-5-18)22-17(24)16-9-12-8-14(19)2-3-15(12)21-16/h2-3,8-11,21H,4-7H2,1H3,(H,22,24). The number of hydrogen-bond donors (Lipinski definition) is 2. The van der Waals surface area contributed by atoms with E-state index in [1.165, 1.54) is 0 Å². The molecule has 1 saturated heterocycles. The first-order chi connectivity index (χ1) is 12.1. The molecule has 7 heteroatoms. The van der Waals surface area contributed by atoms with Crippen LogP contribution >= 0.6 is 11.6 Å². The molecule has 0 spiro atoms. The van der Waals surface area contributed by atoms with E-state index in [4.69, 9.17) is 16.3 Å². The molecule has 2 aromatic heterocycles. The van der Waals surface area contributed by atoms with Crippen molar-refractivity contribution in [3.05, 3.63) is 52.9 Å². The predicted octanol–water partition coefficient (Wildman–Crippen LogP) is 2.99. The van der Waals surface area contributed by atoms with Crippen molar-refractivity contribution in [2.24, 2.45) is 7.05 Å². The summed E-state index contributed by atoms with van der Waals surface area (Å²) in [5.74, 6) is -0.141. The maximum atomic E-state index is 12.9. The Morgan fingerprint density at radius 1 is 1.36 bits per heavy atom. The lowest BCUT2D eigenvalue weighted by atomic mass is 9.84. The molecule has 0 bridgehead atoms. The third kappa shape index (κ3) is 3.03. The quantitative estimate of drug-likeness (QED) is 0.756. The van der Waals surface area contributed by atoms with Crippen molar-refractivity contribution < 1.29 is 9.53 Å². The van der Waals surface area contributed by atoms with Crippen LogP contribution < -0.4 is 5.32 Å². The Hall–Kier alpha value is -2.31. The number of rotatable bonds is 3. The Morgan fingerprint density at radius 3 is 2.88 bits per heavy atom. The summed E-state index contributed by atoms with van der Waals surface area (Å²) in [6.07, 6.45) is 5.21. The summed E-state index contributed by atoms with van der Waals surface area (Å²) in [5.41, 5.74) is 1.95. The van der Waals surface area contributed by atoms with Gasteiger partial charge >= 0.3 is 0 Å². The molecule has 0 saturated carbocycles. The zero-order chi connectivity index (χ0) is 17.4. The summed E-state index contributed by atoms with van der Waals surface area (Å²) in [7, 11) is 1.87. The second kappa shape index (κ2) is 6.20. The van der Waals surface area contributed by atoms with Gasteiger partial charge in [0, 0.05) is 47.9 Å². The number of benzene rings is 1. The highest BCUT2D eigenvalue weighted by atomic mass is 35.5. The average Bonchev–Trinajstić information content (AvgIpc) is 3.22. The lowest BCUT2D eigenvalue weighted by molar-refractivity contribution is 0.0344. The minimum atomic E-state index is -0.460. The van der Waals surface area contributed by atoms with Crippen molar-refractivity contribution in [2.75, 3.05) is 13.2 Å². The van der Waals surface area contributed by atoms with E-state index in [-0.39, 0.29) is 5.91 Å². The molecule has 0 aliphatic carbocycles. The molecular weight excluding hydrogens is 340 g/mol. The number of carbonyl (C=O) groups excluding carboxylic acids is 1. The number of carbonyl (C=O) groups is 1. The van der Waals surface area contributed by atoms with Crippen LogP contribution in [0.25, 0.3) is 10.9 Å². The number of H-pyrrole nitrogens is 1. The Labute approximate surface area is 150 Å². The molecule has 0 unspecified atom stereocenters. The number of fused-ring (bicyclic) bond motifs is 1. The van der Waals surface area contributed by atoms with Crippen LogP contribution in [0, 0.1) is 0 Å². The number of nitrogens with zero attached hydrogens (tertiary/aromatic N) is 2. The fourth-order valence-electron chi connectivity index (χ4n) is 3.38. The molecule has 130 valence electrons. The molecule has 0 atom stereocenters. The number of nitrogens with one attached hydrogen (secondary N) is 2. The summed E-state index contributed by atoms with van der Waals surface area (Å²) >= 11 is 6.03. The van der Waals surface area contributed by atoms with Crippen LogP contribution in [0.4, 0.5) is 0 Å². The van der Waals surface area contributed by atoms with E-state index in [0.717, 1.165) is 29.3 Å². The van der Waals surface area contributed by atoms with Gasteiger partial charge in [0.2, 0.25) is 0 Å². The summed E-state index contributed by atoms with van der Waals surface area (Å²) in [6.45, 7) is 1.22. The van der Waals surface area contributed by atoms with Gasteiger partial charge in [0.1, 0.15) is 5.69 Å². The smallest absolute Gasteiger partial charge is 0.268 e. The summed E-state index contributed by atoms with van der Waals surface area (Å²) in [4.78, 5) is 16.1. The first-order valence-corrected chi connectivity index (χ1v) is 8.61. The minimum Gasteiger partial charge on any atom is -0.381 e. The Balaban J connectivity index is 1.65. The van der Waals surface area contributed by atoms with Crippen molar-refractivity contribution >= 4 is 28.4 Å². The molecule has 1 aromatic carbocycles. The molecule has 6 nitrogen and oxygen atoms in total. The van der Waals surface area contributed by atoms with Gasteiger partial charge in [-0.25, -0.2) is 0 Å². The average molecular weight is 359 g/mol. The molecular formula is C18H19ClN4O2. The van der Waals surface area contributed by atoms with E-state index in [0.29, 0.717) is 23.9 Å². The Bertz CT molecular complexity index is 924. The second-order valence-electron chi connectivity index (χ2n) is 6.47. The Morgan fingerprint density at radius 2 is 2.16 bits per heavy atom. The van der Waals surface area contributed by atoms with Gasteiger partial charge in [0.25, 0.3) is 5.91 Å².